The number of hydrogen-bond acceptors (Lipinski definition) is 7. The molecule has 210 valence electrons. The first-order chi connectivity index (χ1) is 20.1. The topological polar surface area (TPSA) is 77.1 Å². The molecule has 1 aromatic carbocycles. The third-order valence-electron chi connectivity index (χ3n) is 6.79. The van der Waals surface area contributed by atoms with Crippen LogP contribution in [0.5, 0.6) is 0 Å². The summed E-state index contributed by atoms with van der Waals surface area (Å²) in [6.07, 6.45) is 4.75. The van der Waals surface area contributed by atoms with Crippen LogP contribution in [0.2, 0.25) is 5.02 Å². The summed E-state index contributed by atoms with van der Waals surface area (Å²) in [6.45, 7) is 4.97. The van der Waals surface area contributed by atoms with Gasteiger partial charge in [0, 0.05) is 43.9 Å². The molecule has 2 aromatic heterocycles. The fourth-order valence-corrected chi connectivity index (χ4v) is 4.74. The predicted octanol–water partition coefficient (Wildman–Crippen LogP) is 6.29. The van der Waals surface area contributed by atoms with Gasteiger partial charge in [0.05, 0.1) is 34.9 Å². The zero-order valence-corrected chi connectivity index (χ0v) is 23.1. The minimum absolute atomic E-state index is 0.206. The van der Waals surface area contributed by atoms with Gasteiger partial charge in [0.2, 0.25) is 5.95 Å². The molecule has 3 heterocycles. The van der Waals surface area contributed by atoms with Gasteiger partial charge >= 0.3 is 0 Å². The molecule has 1 aliphatic carbocycles. The number of pyridine rings is 2. The predicted molar refractivity (Wildman–Crippen MR) is 152 cm³/mol. The normalized spacial score (nSPS) is 18.6. The van der Waals surface area contributed by atoms with Crippen molar-refractivity contribution in [3.63, 3.8) is 0 Å². The molecule has 4 N–H and O–H groups in total. The van der Waals surface area contributed by atoms with Crippen molar-refractivity contribution in [2.24, 2.45) is 5.41 Å². The zero-order chi connectivity index (χ0) is 31.5. The van der Waals surface area contributed by atoms with Crippen molar-refractivity contribution in [3.8, 4) is 12.3 Å². The van der Waals surface area contributed by atoms with E-state index >= 15 is 0 Å². The number of aryl methyl sites for hydroxylation is 1. The van der Waals surface area contributed by atoms with Crippen LogP contribution >= 0.6 is 11.6 Å². The van der Waals surface area contributed by atoms with Crippen LogP contribution in [0.15, 0.2) is 42.3 Å². The Labute approximate surface area is 240 Å². The van der Waals surface area contributed by atoms with Crippen molar-refractivity contribution in [1.29, 1.82) is 0 Å². The fourth-order valence-electron chi connectivity index (χ4n) is 4.47. The number of anilines is 2. The van der Waals surface area contributed by atoms with Crippen LogP contribution in [0.4, 0.5) is 24.5 Å². The lowest BCUT2D eigenvalue weighted by atomic mass is 9.96. The van der Waals surface area contributed by atoms with Gasteiger partial charge in [0.1, 0.15) is 5.54 Å². The van der Waals surface area contributed by atoms with E-state index in [4.69, 9.17) is 22.1 Å². The molecule has 3 aromatic rings. The summed E-state index contributed by atoms with van der Waals surface area (Å²) in [4.78, 5) is 8.33. The second-order valence-corrected chi connectivity index (χ2v) is 11.3. The number of fused-ring (bicyclic) bond motifs is 1. The zero-order valence-electron chi connectivity index (χ0n) is 25.4. The molecule has 0 saturated heterocycles. The molecule has 1 saturated carbocycles. The molecular formula is C29H31ClF3N7. The van der Waals surface area contributed by atoms with Gasteiger partial charge in [-0.25, -0.2) is 13.8 Å². The van der Waals surface area contributed by atoms with Crippen LogP contribution in [0.3, 0.4) is 0 Å². The highest BCUT2D eigenvalue weighted by Crippen LogP contribution is 2.47. The Hall–Kier alpha value is -3.68. The molecular weight excluding hydrogens is 539 g/mol. The number of hydrogen-bond donors (Lipinski definition) is 4. The van der Waals surface area contributed by atoms with Crippen LogP contribution in [-0.2, 0) is 0 Å². The molecule has 7 nitrogen and oxygen atoms in total. The largest absolute Gasteiger partial charge is 0.383 e. The van der Waals surface area contributed by atoms with E-state index in [1.807, 2.05) is 0 Å². The van der Waals surface area contributed by atoms with Crippen molar-refractivity contribution in [2.45, 2.75) is 58.5 Å². The first-order valence-electron chi connectivity index (χ1n) is 14.2. The summed E-state index contributed by atoms with van der Waals surface area (Å²) >= 11 is 6.68. The van der Waals surface area contributed by atoms with Crippen molar-refractivity contribution in [2.75, 3.05) is 17.1 Å². The quantitative estimate of drug-likeness (QED) is 0.187. The van der Waals surface area contributed by atoms with E-state index in [-0.39, 0.29) is 29.7 Å². The van der Waals surface area contributed by atoms with Gasteiger partial charge in [-0.15, -0.1) is 12.0 Å². The first-order valence-corrected chi connectivity index (χ1v) is 13.0. The number of terminal acetylenes is 1. The molecule has 0 radical (unpaired) electrons. The van der Waals surface area contributed by atoms with E-state index in [2.05, 4.69) is 37.5 Å². The van der Waals surface area contributed by atoms with Gasteiger partial charge in [-0.1, -0.05) is 44.4 Å². The number of rotatable bonds is 8. The average Bonchev–Trinajstić information content (AvgIpc) is 3.64. The lowest BCUT2D eigenvalue weighted by Gasteiger charge is -2.25. The van der Waals surface area contributed by atoms with Gasteiger partial charge in [0.25, 0.3) is 6.43 Å². The van der Waals surface area contributed by atoms with E-state index < -0.39 is 35.9 Å². The number of halogens is 4. The summed E-state index contributed by atoms with van der Waals surface area (Å²) in [5.41, 5.74) is 5.68. The van der Waals surface area contributed by atoms with E-state index in [1.54, 1.807) is 39.8 Å². The smallest absolute Gasteiger partial charge is 0.262 e. The van der Waals surface area contributed by atoms with Crippen LogP contribution < -0.4 is 21.6 Å². The summed E-state index contributed by atoms with van der Waals surface area (Å²) < 4.78 is 68.0. The van der Waals surface area contributed by atoms with Gasteiger partial charge < -0.3 is 16.1 Å². The first kappa shape index (κ1) is 24.1. The maximum absolute atomic E-state index is 14.0. The second-order valence-electron chi connectivity index (χ2n) is 10.9. The Morgan fingerprint density at radius 3 is 2.70 bits per heavy atom. The van der Waals surface area contributed by atoms with E-state index in [9.17, 15) is 13.2 Å². The Morgan fingerprint density at radius 2 is 2.08 bits per heavy atom. The number of aromatic nitrogens is 2. The lowest BCUT2D eigenvalue weighted by Crippen LogP contribution is -2.48. The van der Waals surface area contributed by atoms with Crippen molar-refractivity contribution >= 4 is 33.9 Å². The van der Waals surface area contributed by atoms with Crippen molar-refractivity contribution < 1.29 is 17.3 Å². The highest BCUT2D eigenvalue weighted by Gasteiger charge is 2.56. The summed E-state index contributed by atoms with van der Waals surface area (Å²) in [7, 11) is 0. The average molecular weight is 573 g/mol. The maximum atomic E-state index is 14.0. The molecule has 1 aliphatic heterocycles. The fraction of sp³-hybridized carbons (Fsp3) is 0.379. The molecule has 5 rings (SSSR count). The number of hydrazine groups is 2. The van der Waals surface area contributed by atoms with Crippen LogP contribution in [0.1, 0.15) is 60.6 Å². The molecule has 0 unspecified atom stereocenters. The highest BCUT2D eigenvalue weighted by atomic mass is 35.5. The Bertz CT molecular complexity index is 1670. The third kappa shape index (κ3) is 5.36. The maximum Gasteiger partial charge on any atom is 0.262 e. The van der Waals surface area contributed by atoms with E-state index in [0.29, 0.717) is 39.1 Å². The number of alkyl halides is 2. The van der Waals surface area contributed by atoms with Gasteiger partial charge in [-0.2, -0.15) is 4.39 Å². The van der Waals surface area contributed by atoms with Crippen molar-refractivity contribution in [3.05, 3.63) is 70.1 Å². The summed E-state index contributed by atoms with van der Waals surface area (Å²) in [5, 5.41) is 8.03. The molecule has 0 spiro atoms. The summed E-state index contributed by atoms with van der Waals surface area (Å²) in [6, 6.07) is 5.07. The van der Waals surface area contributed by atoms with Gasteiger partial charge in [0.15, 0.2) is 0 Å². The number of nitrogens with one attached hydrogen (secondary N) is 4. The minimum atomic E-state index is -2.68. The SMILES string of the molecule is [2H]C1=C([C@@H](Nc2cc(Cl)c3ncc(C#C)c(NC([2H])([2H])C(C)(C)C)c3c2)c2ccc(F)nc2C)NNN1C1(C(F)F)CC1. The highest BCUT2D eigenvalue weighted by molar-refractivity contribution is 6.35. The van der Waals surface area contributed by atoms with Crippen molar-refractivity contribution in [1.82, 2.24) is 25.9 Å². The lowest BCUT2D eigenvalue weighted by molar-refractivity contribution is 0.00911. The molecule has 0 amide bonds. The Morgan fingerprint density at radius 1 is 1.32 bits per heavy atom. The molecule has 0 bridgehead atoms. The van der Waals surface area contributed by atoms with E-state index in [0.717, 1.165) is 5.01 Å². The second kappa shape index (κ2) is 10.4. The third-order valence-corrected chi connectivity index (χ3v) is 7.08. The summed E-state index contributed by atoms with van der Waals surface area (Å²) in [5.74, 6) is 1.85. The van der Waals surface area contributed by atoms with Gasteiger partial charge in [-0.05, 0) is 43.4 Å². The van der Waals surface area contributed by atoms with E-state index in [1.165, 1.54) is 18.3 Å². The van der Waals surface area contributed by atoms with Crippen LogP contribution in [-0.4, -0.2) is 33.4 Å². The molecule has 2 aliphatic rings. The Kier molecular flexibility index (Phi) is 6.26. The van der Waals surface area contributed by atoms with Crippen LogP contribution in [0, 0.1) is 30.6 Å². The molecule has 1 atom stereocenters. The number of benzene rings is 1. The number of nitrogens with zero attached hydrogens (tertiary/aromatic N) is 3. The Balaban J connectivity index is 1.64. The molecule has 40 heavy (non-hydrogen) atoms. The van der Waals surface area contributed by atoms with Crippen LogP contribution in [0.25, 0.3) is 10.9 Å². The standard InChI is InChI=1S/C29H31ClF3N7/c1-6-17-13-34-25-20(24(17)35-15-28(3,4)5)11-18(12-21(25)30)37-26(19-7-8-23(31)36-16(19)2)22-14-40(39-38-22)29(9-10-29)27(32)33/h1,7-8,11-14,26-27,37-39H,9-10,15H2,2-5H3,(H,34,35)/t26-/m0/s1/i14D,15D2. The minimum Gasteiger partial charge on any atom is -0.383 e. The van der Waals surface area contributed by atoms with Gasteiger partial charge in [-0.3, -0.25) is 9.99 Å². The monoisotopic (exact) mass is 572 g/mol. The molecule has 11 heteroatoms. The molecule has 1 fully saturated rings.